The van der Waals surface area contributed by atoms with Gasteiger partial charge in [-0.25, -0.2) is 18.2 Å². The van der Waals surface area contributed by atoms with Crippen molar-refractivity contribution in [1.82, 2.24) is 10.3 Å². The van der Waals surface area contributed by atoms with Gasteiger partial charge in [-0.1, -0.05) is 0 Å². The number of nitrogens with one attached hydrogen (secondary N) is 1. The number of methoxy groups -OCH3 is 1. The lowest BCUT2D eigenvalue weighted by Gasteiger charge is -2.13. The molecule has 5 rings (SSSR count). The molecular formula is C32H39ClF3N5O4. The second kappa shape index (κ2) is 18.6. The van der Waals surface area contributed by atoms with Crippen LogP contribution in [0.25, 0.3) is 11.3 Å². The SMILES string of the molecule is CC=O.CCl.CN.COc1cc(C(=O)NCCc2cc3c(c(-c4ccc(F)cc4)n2)OCC3C(F)F)cc(C=NC2CC2)c1N. The molecule has 1 aliphatic carbocycles. The van der Waals surface area contributed by atoms with E-state index >= 15 is 0 Å². The van der Waals surface area contributed by atoms with Crippen LogP contribution in [-0.4, -0.2) is 69.6 Å². The number of amides is 1. The molecule has 1 aromatic heterocycles. The van der Waals surface area contributed by atoms with E-state index in [0.717, 1.165) is 19.1 Å². The molecule has 2 aliphatic rings. The van der Waals surface area contributed by atoms with Crippen molar-refractivity contribution in [1.29, 1.82) is 0 Å². The Labute approximate surface area is 266 Å². The lowest BCUT2D eigenvalue weighted by atomic mass is 9.98. The van der Waals surface area contributed by atoms with Gasteiger partial charge in [-0.3, -0.25) is 9.79 Å². The molecule has 1 atom stereocenters. The van der Waals surface area contributed by atoms with Gasteiger partial charge in [0, 0.05) is 53.5 Å². The van der Waals surface area contributed by atoms with Gasteiger partial charge in [0.15, 0.2) is 0 Å². The molecule has 45 heavy (non-hydrogen) atoms. The van der Waals surface area contributed by atoms with Crippen molar-refractivity contribution in [3.8, 4) is 22.8 Å². The lowest BCUT2D eigenvalue weighted by Crippen LogP contribution is -2.26. The normalized spacial score (nSPS) is 14.5. The third-order valence-corrected chi connectivity index (χ3v) is 6.58. The minimum absolute atomic E-state index is 0.158. The number of rotatable bonds is 9. The van der Waals surface area contributed by atoms with Crippen LogP contribution >= 0.6 is 11.6 Å². The number of fused-ring (bicyclic) bond motifs is 1. The quantitative estimate of drug-likeness (QED) is 0.122. The zero-order valence-corrected chi connectivity index (χ0v) is 26.4. The van der Waals surface area contributed by atoms with Crippen LogP contribution in [-0.2, 0) is 11.2 Å². The number of pyridine rings is 1. The molecule has 1 fully saturated rings. The van der Waals surface area contributed by atoms with Crippen LogP contribution in [0.2, 0.25) is 0 Å². The van der Waals surface area contributed by atoms with Crippen molar-refractivity contribution >= 4 is 35.7 Å². The lowest BCUT2D eigenvalue weighted by molar-refractivity contribution is -0.106. The van der Waals surface area contributed by atoms with Gasteiger partial charge in [0.1, 0.15) is 35.9 Å². The van der Waals surface area contributed by atoms with Gasteiger partial charge >= 0.3 is 0 Å². The molecule has 0 radical (unpaired) electrons. The van der Waals surface area contributed by atoms with E-state index in [1.807, 2.05) is 0 Å². The number of nitrogens with zero attached hydrogens (tertiary/aromatic N) is 2. The first-order valence-corrected chi connectivity index (χ1v) is 14.9. The van der Waals surface area contributed by atoms with Gasteiger partial charge in [0.2, 0.25) is 6.43 Å². The minimum atomic E-state index is -2.61. The van der Waals surface area contributed by atoms with Crippen molar-refractivity contribution in [2.24, 2.45) is 10.7 Å². The number of anilines is 1. The van der Waals surface area contributed by atoms with Crippen molar-refractivity contribution in [2.75, 3.05) is 39.4 Å². The fraction of sp³-hybridized carbons (Fsp3) is 0.375. The van der Waals surface area contributed by atoms with Crippen molar-refractivity contribution in [3.05, 3.63) is 70.7 Å². The van der Waals surface area contributed by atoms with Gasteiger partial charge in [0.25, 0.3) is 5.91 Å². The maximum Gasteiger partial charge on any atom is 0.251 e. The number of aliphatic imine (C=N–C) groups is 1. The molecule has 0 spiro atoms. The maximum atomic E-state index is 13.7. The summed E-state index contributed by atoms with van der Waals surface area (Å²) in [7, 11) is 2.98. The van der Waals surface area contributed by atoms with E-state index in [1.165, 1.54) is 51.7 Å². The van der Waals surface area contributed by atoms with E-state index in [2.05, 4.69) is 32.6 Å². The number of hydrogen-bond donors (Lipinski definition) is 3. The summed E-state index contributed by atoms with van der Waals surface area (Å²) in [6.45, 7) is 1.49. The van der Waals surface area contributed by atoms with Crippen LogP contribution in [0.4, 0.5) is 18.9 Å². The van der Waals surface area contributed by atoms with Crippen LogP contribution in [0.1, 0.15) is 52.9 Å². The Morgan fingerprint density at radius 1 is 1.20 bits per heavy atom. The van der Waals surface area contributed by atoms with E-state index < -0.39 is 18.2 Å². The van der Waals surface area contributed by atoms with E-state index in [9.17, 15) is 18.0 Å². The summed E-state index contributed by atoms with van der Waals surface area (Å²) < 4.78 is 51.7. The number of alkyl halides is 3. The summed E-state index contributed by atoms with van der Waals surface area (Å²) in [5, 5.41) is 2.84. The molecule has 5 N–H and O–H groups in total. The molecule has 0 bridgehead atoms. The molecule has 3 aromatic rings. The van der Waals surface area contributed by atoms with Crippen molar-refractivity contribution in [2.45, 2.75) is 44.6 Å². The average molecular weight is 650 g/mol. The highest BCUT2D eigenvalue weighted by Gasteiger charge is 2.34. The predicted octanol–water partition coefficient (Wildman–Crippen LogP) is 5.41. The summed E-state index contributed by atoms with van der Waals surface area (Å²) in [6.07, 6.45) is 3.64. The van der Waals surface area contributed by atoms with Gasteiger partial charge in [-0.2, -0.15) is 0 Å². The average Bonchev–Trinajstić information content (AvgIpc) is 3.78. The maximum absolute atomic E-state index is 13.7. The van der Waals surface area contributed by atoms with Crippen molar-refractivity contribution < 1.29 is 32.2 Å². The predicted molar refractivity (Wildman–Crippen MR) is 172 cm³/mol. The number of nitrogens with two attached hydrogens (primary N) is 2. The number of aldehydes is 1. The Balaban J connectivity index is 0.000000934. The highest BCUT2D eigenvalue weighted by atomic mass is 35.5. The largest absolute Gasteiger partial charge is 0.495 e. The number of nitrogen functional groups attached to an aromatic ring is 1. The Morgan fingerprint density at radius 3 is 2.42 bits per heavy atom. The van der Waals surface area contributed by atoms with E-state index in [4.69, 9.17) is 20.0 Å². The molecule has 13 heteroatoms. The van der Waals surface area contributed by atoms with Gasteiger partial charge < -0.3 is 31.1 Å². The Morgan fingerprint density at radius 2 is 1.84 bits per heavy atom. The van der Waals surface area contributed by atoms with Crippen LogP contribution in [0.3, 0.4) is 0 Å². The molecule has 1 unspecified atom stereocenters. The standard InChI is InChI=1S/C28H27F3N4O3.C2H4O.CH3Cl.CH5N/c1-37-23-11-16(10-17(24(23)32)13-34-19-6-7-19)28(36)33-9-8-20-12-21-22(27(30)31)14-38-26(21)25(35-20)15-2-4-18(29)5-3-15;1-2-3;2*1-2/h2-5,10-13,19,22,27H,6-9,14,32H2,1H3,(H,33,36);2H,1H3;1H3;2H2,1H3. The van der Waals surface area contributed by atoms with Gasteiger partial charge in [0.05, 0.1) is 24.8 Å². The van der Waals surface area contributed by atoms with E-state index in [0.29, 0.717) is 51.1 Å². The summed E-state index contributed by atoms with van der Waals surface area (Å²) in [5.74, 6) is -1.20. The fourth-order valence-corrected chi connectivity index (χ4v) is 4.31. The Bertz CT molecular complexity index is 1440. The first-order chi connectivity index (χ1) is 21.7. The first-order valence-electron chi connectivity index (χ1n) is 14.1. The highest BCUT2D eigenvalue weighted by molar-refractivity contribution is 6.15. The van der Waals surface area contributed by atoms with E-state index in [1.54, 1.807) is 24.4 Å². The van der Waals surface area contributed by atoms with Crippen molar-refractivity contribution in [3.63, 3.8) is 0 Å². The van der Waals surface area contributed by atoms with E-state index in [-0.39, 0.29) is 31.2 Å². The third-order valence-electron chi connectivity index (χ3n) is 6.58. The molecule has 2 aromatic carbocycles. The molecule has 244 valence electrons. The fourth-order valence-electron chi connectivity index (χ4n) is 4.31. The molecule has 1 amide bonds. The molecule has 9 nitrogen and oxygen atoms in total. The Kier molecular flexibility index (Phi) is 15.3. The smallest absolute Gasteiger partial charge is 0.251 e. The topological polar surface area (TPSA) is 142 Å². The van der Waals surface area contributed by atoms with Crippen LogP contribution in [0, 0.1) is 5.82 Å². The number of benzene rings is 2. The third kappa shape index (κ3) is 10.2. The number of hydrogen-bond acceptors (Lipinski definition) is 8. The van der Waals surface area contributed by atoms with Crippen LogP contribution in [0.15, 0.2) is 47.5 Å². The monoisotopic (exact) mass is 649 g/mol. The van der Waals surface area contributed by atoms with Gasteiger partial charge in [-0.15, -0.1) is 11.6 Å². The second-order valence-corrected chi connectivity index (χ2v) is 9.57. The highest BCUT2D eigenvalue weighted by Crippen LogP contribution is 2.43. The number of carbonyl (C=O) groups is 2. The molecule has 1 saturated carbocycles. The second-order valence-electron chi connectivity index (χ2n) is 9.57. The Hall–Kier alpha value is -4.16. The number of aromatic nitrogens is 1. The zero-order valence-electron chi connectivity index (χ0n) is 25.7. The number of ether oxygens (including phenoxy) is 2. The number of halogens is 4. The van der Waals surface area contributed by atoms with Crippen LogP contribution in [0.5, 0.6) is 11.5 Å². The summed E-state index contributed by atoms with van der Waals surface area (Å²) in [4.78, 5) is 30.8. The summed E-state index contributed by atoms with van der Waals surface area (Å²) in [5.41, 5.74) is 13.8. The number of carbonyl (C=O) groups excluding carboxylic acids is 2. The molecular weight excluding hydrogens is 611 g/mol. The summed E-state index contributed by atoms with van der Waals surface area (Å²) in [6, 6.07) is 10.7. The molecule has 2 heterocycles. The van der Waals surface area contributed by atoms with Crippen LogP contribution < -0.4 is 26.3 Å². The van der Waals surface area contributed by atoms with Gasteiger partial charge in [-0.05, 0) is 69.3 Å². The zero-order chi connectivity index (χ0) is 33.5. The molecule has 1 aliphatic heterocycles. The molecule has 0 saturated heterocycles. The first kappa shape index (κ1) is 37.0. The summed E-state index contributed by atoms with van der Waals surface area (Å²) >= 11 is 4.64. The minimum Gasteiger partial charge on any atom is -0.495 e.